The summed E-state index contributed by atoms with van der Waals surface area (Å²) >= 11 is 0. The number of aromatic nitrogens is 3. The van der Waals surface area contributed by atoms with Gasteiger partial charge in [0.05, 0.1) is 64.6 Å². The molecule has 2 aliphatic rings. The van der Waals surface area contributed by atoms with Crippen LogP contribution in [-0.2, 0) is 34.7 Å². The summed E-state index contributed by atoms with van der Waals surface area (Å²) in [5.74, 6) is -5.11. The van der Waals surface area contributed by atoms with E-state index in [1.165, 1.54) is 13.1 Å². The number of pyridine rings is 1. The fourth-order valence-electron chi connectivity index (χ4n) is 4.44. The molecular weight excluding hydrogens is 540 g/mol. The van der Waals surface area contributed by atoms with E-state index in [-0.39, 0.29) is 34.9 Å². The summed E-state index contributed by atoms with van der Waals surface area (Å²) in [6.45, 7) is 0. The molecule has 0 radical (unpaired) electrons. The fourth-order valence-corrected chi connectivity index (χ4v) is 4.95. The maximum atomic E-state index is 13.5. The molecule has 1 fully saturated rings. The lowest BCUT2D eigenvalue weighted by molar-refractivity contribution is -0.121. The molecule has 206 valence electrons. The van der Waals surface area contributed by atoms with E-state index in [4.69, 9.17) is 0 Å². The predicted molar refractivity (Wildman–Crippen MR) is 138 cm³/mol. The summed E-state index contributed by atoms with van der Waals surface area (Å²) in [4.78, 5) is 24.8. The molecule has 14 heteroatoms. The molecule has 1 unspecified atom stereocenters. The second-order valence-corrected chi connectivity index (χ2v) is 11.7. The summed E-state index contributed by atoms with van der Waals surface area (Å²) < 4.78 is 81.6. The molecule has 0 bridgehead atoms. The number of nitrogens with zero attached hydrogens (tertiary/aromatic N) is 5. The van der Waals surface area contributed by atoms with Crippen LogP contribution in [0.2, 0.25) is 0 Å². The zero-order valence-electron chi connectivity index (χ0n) is 21.1. The number of Topliss-reactive ketones (excluding diaryl/α,β-unsaturated/α-hetero) is 1. The van der Waals surface area contributed by atoms with Crippen molar-refractivity contribution >= 4 is 44.3 Å². The Morgan fingerprint density at radius 1 is 1.26 bits per heavy atom. The lowest BCUT2D eigenvalue weighted by atomic mass is 10.1. The van der Waals surface area contributed by atoms with Crippen LogP contribution in [-0.4, -0.2) is 60.1 Å². The Morgan fingerprint density at radius 3 is 2.56 bits per heavy atom. The summed E-state index contributed by atoms with van der Waals surface area (Å²) in [5, 5.41) is 3.07. The molecule has 3 aromatic rings. The van der Waals surface area contributed by atoms with E-state index >= 15 is 0 Å². The normalized spacial score (nSPS) is 17.6. The highest BCUT2D eigenvalue weighted by Crippen LogP contribution is 2.49. The number of aryl methyl sites for hydroxylation is 1. The number of ketones is 1. The topological polar surface area (TPSA) is 110 Å². The van der Waals surface area contributed by atoms with Crippen LogP contribution in [0.1, 0.15) is 17.8 Å². The van der Waals surface area contributed by atoms with E-state index in [0.29, 0.717) is 11.3 Å². The molecule has 1 aliphatic carbocycles. The number of nitrogens with one attached hydrogen (secondary N) is 1. The van der Waals surface area contributed by atoms with Gasteiger partial charge in [0.15, 0.2) is 0 Å². The van der Waals surface area contributed by atoms with Gasteiger partial charge in [-0.25, -0.2) is 36.0 Å². The third-order valence-corrected chi connectivity index (χ3v) is 7.95. The van der Waals surface area contributed by atoms with Crippen molar-refractivity contribution in [1.82, 2.24) is 14.5 Å². The van der Waals surface area contributed by atoms with Crippen LogP contribution in [0.3, 0.4) is 0 Å². The van der Waals surface area contributed by atoms with Gasteiger partial charge >= 0.3 is 0 Å². The Labute approximate surface area is 221 Å². The van der Waals surface area contributed by atoms with Crippen molar-refractivity contribution in [3.8, 4) is 11.3 Å². The highest BCUT2D eigenvalue weighted by atomic mass is 32.2. The van der Waals surface area contributed by atoms with Crippen molar-refractivity contribution in [1.29, 1.82) is 0 Å². The molecule has 0 amide bonds. The van der Waals surface area contributed by atoms with E-state index < -0.39 is 52.6 Å². The summed E-state index contributed by atoms with van der Waals surface area (Å²) in [5.41, 5.74) is 2.11. The second-order valence-electron chi connectivity index (χ2n) is 9.68. The van der Waals surface area contributed by atoms with Crippen LogP contribution in [0.4, 0.5) is 40.3 Å². The lowest BCUT2D eigenvalue weighted by Crippen LogP contribution is -2.25. The minimum absolute atomic E-state index is 0.113. The average molecular weight is 565 g/mol. The Morgan fingerprint density at radius 2 is 1.97 bits per heavy atom. The van der Waals surface area contributed by atoms with Gasteiger partial charge in [0, 0.05) is 38.9 Å². The summed E-state index contributed by atoms with van der Waals surface area (Å²) in [6.07, 6.45) is 0.225. The molecule has 1 aliphatic heterocycles. The number of benzene rings is 1. The minimum Gasteiger partial charge on any atom is -0.352 e. The quantitative estimate of drug-likeness (QED) is 0.389. The number of aliphatic imine (C=N–C) groups is 1. The third-order valence-electron chi connectivity index (χ3n) is 6.76. The van der Waals surface area contributed by atoms with Crippen LogP contribution >= 0.6 is 0 Å². The average Bonchev–Trinajstić information content (AvgIpc) is 3.16. The molecule has 3 heterocycles. The first-order valence-corrected chi connectivity index (χ1v) is 13.7. The fraction of sp³-hybridized carbons (Fsp3) is 0.360. The predicted octanol–water partition coefficient (Wildman–Crippen LogP) is 4.28. The number of halogens is 4. The molecule has 1 N–H and O–H groups in total. The molecule has 1 saturated carbocycles. The van der Waals surface area contributed by atoms with Gasteiger partial charge in [0.25, 0.3) is 12.3 Å². The molecule has 0 spiro atoms. The summed E-state index contributed by atoms with van der Waals surface area (Å²) in [6, 6.07) is 6.38. The Kier molecular flexibility index (Phi) is 6.48. The number of imidazole rings is 1. The first-order valence-electron chi connectivity index (χ1n) is 11.8. The highest BCUT2D eigenvalue weighted by molar-refractivity contribution is 7.92. The van der Waals surface area contributed by atoms with Crippen LogP contribution in [0, 0.1) is 5.92 Å². The standard InChI is InChI=1S/C25H24F4N6O3S/c1-34-12-30-11-21(34)13-4-5-16(20(6-13)35(2)39(3,37)38)32-17-7-14(8-22(36)15-10-25(15,28)29)31-18-9-19(24(26)27)33-23(17)18/h4-7,11-12,15,24H,8-10H2,1-3H3,(H,31,32). The molecule has 0 saturated heterocycles. The first kappa shape index (κ1) is 26.8. The Hall–Kier alpha value is -3.81. The maximum absolute atomic E-state index is 13.5. The first-order chi connectivity index (χ1) is 18.2. The van der Waals surface area contributed by atoms with Crippen LogP contribution in [0.25, 0.3) is 11.3 Å². The van der Waals surface area contributed by atoms with Crippen molar-refractivity contribution in [2.45, 2.75) is 31.6 Å². The minimum atomic E-state index is -3.72. The van der Waals surface area contributed by atoms with Gasteiger partial charge in [-0.2, -0.15) is 0 Å². The van der Waals surface area contributed by atoms with Crippen molar-refractivity contribution < 1.29 is 30.8 Å². The number of carbonyl (C=O) groups is 1. The highest BCUT2D eigenvalue weighted by Gasteiger charge is 2.60. The zero-order chi connectivity index (χ0) is 28.3. The van der Waals surface area contributed by atoms with Gasteiger partial charge in [-0.15, -0.1) is 0 Å². The summed E-state index contributed by atoms with van der Waals surface area (Å²) in [7, 11) is -0.566. The van der Waals surface area contributed by atoms with Crippen molar-refractivity contribution in [3.63, 3.8) is 0 Å². The number of hydrogen-bond donors (Lipinski definition) is 1. The molecule has 1 aromatic carbocycles. The van der Waals surface area contributed by atoms with Gasteiger partial charge in [0.2, 0.25) is 10.0 Å². The zero-order valence-corrected chi connectivity index (χ0v) is 21.9. The van der Waals surface area contributed by atoms with Crippen LogP contribution < -0.4 is 9.62 Å². The molecular formula is C25H24F4N6O3S. The SMILES string of the molecule is CN(c1cc(-c2cncn2C)ccc1Nc1cc(CC(=O)C2CC2(F)F)nc2c1N=C(C(F)F)C2)S(C)(=O)=O. The number of sulfonamides is 1. The largest absolute Gasteiger partial charge is 0.352 e. The van der Waals surface area contributed by atoms with Gasteiger partial charge in [-0.05, 0) is 18.2 Å². The maximum Gasteiger partial charge on any atom is 0.277 e. The van der Waals surface area contributed by atoms with E-state index in [0.717, 1.165) is 16.3 Å². The number of fused-ring (bicyclic) bond motifs is 1. The van der Waals surface area contributed by atoms with Crippen molar-refractivity contribution in [2.75, 3.05) is 22.9 Å². The third kappa shape index (κ3) is 5.24. The molecule has 39 heavy (non-hydrogen) atoms. The van der Waals surface area contributed by atoms with Crippen molar-refractivity contribution in [2.24, 2.45) is 18.0 Å². The van der Waals surface area contributed by atoms with Gasteiger partial charge in [-0.3, -0.25) is 14.1 Å². The molecule has 1 atom stereocenters. The Bertz CT molecular complexity index is 1620. The van der Waals surface area contributed by atoms with Gasteiger partial charge in [0.1, 0.15) is 11.5 Å². The number of anilines is 3. The number of alkyl halides is 4. The lowest BCUT2D eigenvalue weighted by Gasteiger charge is -2.23. The Balaban J connectivity index is 1.57. The van der Waals surface area contributed by atoms with Crippen LogP contribution in [0.5, 0.6) is 0 Å². The van der Waals surface area contributed by atoms with Crippen molar-refractivity contribution in [3.05, 3.63) is 48.2 Å². The van der Waals surface area contributed by atoms with Gasteiger partial charge < -0.3 is 9.88 Å². The smallest absolute Gasteiger partial charge is 0.277 e. The van der Waals surface area contributed by atoms with E-state index in [1.807, 2.05) is 0 Å². The number of rotatable bonds is 9. The van der Waals surface area contributed by atoms with Crippen LogP contribution in [0.15, 0.2) is 41.8 Å². The monoisotopic (exact) mass is 564 g/mol. The van der Waals surface area contributed by atoms with Gasteiger partial charge in [-0.1, -0.05) is 6.07 Å². The molecule has 5 rings (SSSR count). The van der Waals surface area contributed by atoms with E-state index in [9.17, 15) is 30.8 Å². The van der Waals surface area contributed by atoms with E-state index in [2.05, 4.69) is 20.3 Å². The number of hydrogen-bond acceptors (Lipinski definition) is 7. The molecule has 9 nitrogen and oxygen atoms in total. The van der Waals surface area contributed by atoms with E-state index in [1.54, 1.807) is 42.3 Å². The second kappa shape index (κ2) is 9.43. The number of carbonyl (C=O) groups excluding carboxylic acids is 1. The molecule has 2 aromatic heterocycles.